The summed E-state index contributed by atoms with van der Waals surface area (Å²) in [6.45, 7) is 0. The van der Waals surface area contributed by atoms with Crippen LogP contribution in [0, 0.1) is 6.08 Å². The minimum absolute atomic E-state index is 0.0520. The van der Waals surface area contributed by atoms with Gasteiger partial charge in [-0.05, 0) is 11.6 Å². The first kappa shape index (κ1) is 9.52. The zero-order valence-corrected chi connectivity index (χ0v) is 7.82. The quantitative estimate of drug-likeness (QED) is 0.622. The molecule has 1 rings (SSSR count). The molecule has 1 aromatic carbocycles. The first-order valence-electron chi connectivity index (χ1n) is 4.06. The van der Waals surface area contributed by atoms with Crippen molar-refractivity contribution >= 4 is 5.91 Å². The van der Waals surface area contributed by atoms with Crippen LogP contribution in [0.4, 0.5) is 0 Å². The summed E-state index contributed by atoms with van der Waals surface area (Å²) in [5, 5.41) is 0. The average molecular weight is 174 g/mol. The van der Waals surface area contributed by atoms with Gasteiger partial charge in [0.05, 0.1) is 0 Å². The SMILES string of the molecule is CN(C)C(=O)C=[C]c1ccccc1. The molecule has 0 aliphatic rings. The lowest BCUT2D eigenvalue weighted by Gasteiger charge is -2.04. The number of hydrogen-bond donors (Lipinski definition) is 0. The Morgan fingerprint density at radius 1 is 1.31 bits per heavy atom. The summed E-state index contributed by atoms with van der Waals surface area (Å²) in [5.41, 5.74) is 0.915. The highest BCUT2D eigenvalue weighted by molar-refractivity contribution is 5.86. The zero-order valence-electron chi connectivity index (χ0n) is 7.82. The number of carbonyl (C=O) groups is 1. The van der Waals surface area contributed by atoms with E-state index in [0.29, 0.717) is 0 Å². The van der Waals surface area contributed by atoms with Crippen molar-refractivity contribution in [3.8, 4) is 0 Å². The Bertz CT molecular complexity index is 301. The number of carbonyl (C=O) groups excluding carboxylic acids is 1. The molecule has 0 aromatic heterocycles. The highest BCUT2D eigenvalue weighted by Gasteiger charge is 1.96. The molecule has 0 saturated heterocycles. The summed E-state index contributed by atoms with van der Waals surface area (Å²) in [7, 11) is 3.43. The molecular formula is C11H12NO. The molecule has 2 nitrogen and oxygen atoms in total. The molecule has 0 fully saturated rings. The Labute approximate surface area is 78.5 Å². The number of amides is 1. The van der Waals surface area contributed by atoms with E-state index < -0.39 is 0 Å². The van der Waals surface area contributed by atoms with E-state index in [1.54, 1.807) is 14.1 Å². The lowest BCUT2D eigenvalue weighted by Crippen LogP contribution is -2.18. The molecular weight excluding hydrogens is 162 g/mol. The Balaban J connectivity index is 2.64. The van der Waals surface area contributed by atoms with Gasteiger partial charge < -0.3 is 4.90 Å². The molecule has 0 saturated carbocycles. The van der Waals surface area contributed by atoms with Gasteiger partial charge in [0.25, 0.3) is 0 Å². The Kier molecular flexibility index (Phi) is 3.26. The smallest absolute Gasteiger partial charge is 0.246 e. The normalized spacial score (nSPS) is 10.3. The van der Waals surface area contributed by atoms with Crippen LogP contribution in [-0.2, 0) is 4.79 Å². The summed E-state index contributed by atoms with van der Waals surface area (Å²) in [4.78, 5) is 12.6. The number of benzene rings is 1. The van der Waals surface area contributed by atoms with Crippen molar-refractivity contribution in [1.29, 1.82) is 0 Å². The van der Waals surface area contributed by atoms with Crippen LogP contribution in [0.1, 0.15) is 5.56 Å². The Hall–Kier alpha value is -1.57. The van der Waals surface area contributed by atoms with E-state index in [1.807, 2.05) is 30.3 Å². The fourth-order valence-electron chi connectivity index (χ4n) is 0.809. The van der Waals surface area contributed by atoms with Crippen molar-refractivity contribution in [2.24, 2.45) is 0 Å². The van der Waals surface area contributed by atoms with Crippen molar-refractivity contribution in [2.75, 3.05) is 14.1 Å². The van der Waals surface area contributed by atoms with Gasteiger partial charge in [0.1, 0.15) is 0 Å². The lowest BCUT2D eigenvalue weighted by atomic mass is 10.2. The van der Waals surface area contributed by atoms with Crippen molar-refractivity contribution in [2.45, 2.75) is 0 Å². The summed E-state index contributed by atoms with van der Waals surface area (Å²) >= 11 is 0. The number of hydrogen-bond acceptors (Lipinski definition) is 1. The van der Waals surface area contributed by atoms with Crippen molar-refractivity contribution in [3.05, 3.63) is 48.0 Å². The Morgan fingerprint density at radius 2 is 1.92 bits per heavy atom. The van der Waals surface area contributed by atoms with Crippen LogP contribution in [0.25, 0.3) is 0 Å². The molecule has 0 unspecified atom stereocenters. The van der Waals surface area contributed by atoms with Gasteiger partial charge in [-0.1, -0.05) is 30.3 Å². The van der Waals surface area contributed by atoms with Gasteiger partial charge in [-0.25, -0.2) is 0 Å². The van der Waals surface area contributed by atoms with Gasteiger partial charge in [0.15, 0.2) is 0 Å². The maximum atomic E-state index is 11.1. The van der Waals surface area contributed by atoms with Crippen molar-refractivity contribution in [3.63, 3.8) is 0 Å². The molecule has 0 heterocycles. The van der Waals surface area contributed by atoms with Gasteiger partial charge in [0, 0.05) is 20.2 Å². The van der Waals surface area contributed by atoms with Gasteiger partial charge in [-0.15, -0.1) is 0 Å². The summed E-state index contributed by atoms with van der Waals surface area (Å²) in [6.07, 6.45) is 4.35. The fourth-order valence-corrected chi connectivity index (χ4v) is 0.809. The molecule has 1 radical (unpaired) electrons. The highest BCUT2D eigenvalue weighted by atomic mass is 16.2. The first-order valence-corrected chi connectivity index (χ1v) is 4.06. The molecule has 1 aromatic rings. The summed E-state index contributed by atoms with van der Waals surface area (Å²) in [6, 6.07) is 9.56. The minimum atomic E-state index is -0.0520. The van der Waals surface area contributed by atoms with Gasteiger partial charge in [-0.3, -0.25) is 4.79 Å². The third-order valence-electron chi connectivity index (χ3n) is 1.58. The molecule has 67 valence electrons. The third-order valence-corrected chi connectivity index (χ3v) is 1.58. The predicted octanol–water partition coefficient (Wildman–Crippen LogP) is 1.48. The predicted molar refractivity (Wildman–Crippen MR) is 52.1 cm³/mol. The van der Waals surface area contributed by atoms with Crippen LogP contribution in [0.5, 0.6) is 0 Å². The molecule has 0 aliphatic carbocycles. The minimum Gasteiger partial charge on any atom is -0.345 e. The van der Waals surface area contributed by atoms with E-state index in [1.165, 1.54) is 11.0 Å². The first-order chi connectivity index (χ1) is 6.20. The van der Waals surface area contributed by atoms with Gasteiger partial charge in [0.2, 0.25) is 5.91 Å². The summed E-state index contributed by atoms with van der Waals surface area (Å²) in [5.74, 6) is -0.0520. The molecule has 1 amide bonds. The van der Waals surface area contributed by atoms with E-state index in [-0.39, 0.29) is 5.91 Å². The third kappa shape index (κ3) is 3.11. The number of rotatable bonds is 2. The fraction of sp³-hybridized carbons (Fsp3) is 0.182. The van der Waals surface area contributed by atoms with Crippen LogP contribution >= 0.6 is 0 Å². The van der Waals surface area contributed by atoms with E-state index in [9.17, 15) is 4.79 Å². The molecule has 0 atom stereocenters. The molecule has 0 bridgehead atoms. The summed E-state index contributed by atoms with van der Waals surface area (Å²) < 4.78 is 0. The van der Waals surface area contributed by atoms with Crippen molar-refractivity contribution < 1.29 is 4.79 Å². The maximum absolute atomic E-state index is 11.1. The van der Waals surface area contributed by atoms with Crippen LogP contribution in [0.15, 0.2) is 36.4 Å². The number of likely N-dealkylation sites (N-methyl/N-ethyl adjacent to an activating group) is 1. The second-order valence-corrected chi connectivity index (χ2v) is 2.89. The van der Waals surface area contributed by atoms with Crippen molar-refractivity contribution in [1.82, 2.24) is 4.90 Å². The second kappa shape index (κ2) is 4.45. The number of nitrogens with zero attached hydrogens (tertiary/aromatic N) is 1. The Morgan fingerprint density at radius 3 is 2.46 bits per heavy atom. The van der Waals surface area contributed by atoms with Crippen LogP contribution in [0.2, 0.25) is 0 Å². The molecule has 0 N–H and O–H groups in total. The zero-order chi connectivity index (χ0) is 9.68. The highest BCUT2D eigenvalue weighted by Crippen LogP contribution is 1.98. The standard InChI is InChI=1S/C11H12NO/c1-12(2)11(13)9-8-10-6-4-3-5-7-10/h3-7,9H,1-2H3. The van der Waals surface area contributed by atoms with E-state index in [2.05, 4.69) is 6.08 Å². The van der Waals surface area contributed by atoms with E-state index in [4.69, 9.17) is 0 Å². The lowest BCUT2D eigenvalue weighted by molar-refractivity contribution is -0.123. The van der Waals surface area contributed by atoms with E-state index >= 15 is 0 Å². The molecule has 2 heteroatoms. The molecule has 0 spiro atoms. The van der Waals surface area contributed by atoms with Crippen LogP contribution in [0.3, 0.4) is 0 Å². The van der Waals surface area contributed by atoms with Gasteiger partial charge >= 0.3 is 0 Å². The van der Waals surface area contributed by atoms with Crippen LogP contribution in [-0.4, -0.2) is 24.9 Å². The molecule has 13 heavy (non-hydrogen) atoms. The second-order valence-electron chi connectivity index (χ2n) is 2.89. The average Bonchev–Trinajstić information content (AvgIpc) is 2.15. The van der Waals surface area contributed by atoms with Crippen LogP contribution < -0.4 is 0 Å². The molecule has 0 aliphatic heterocycles. The van der Waals surface area contributed by atoms with Gasteiger partial charge in [-0.2, -0.15) is 0 Å². The van der Waals surface area contributed by atoms with E-state index in [0.717, 1.165) is 5.56 Å². The monoisotopic (exact) mass is 174 g/mol. The maximum Gasteiger partial charge on any atom is 0.246 e. The topological polar surface area (TPSA) is 20.3 Å². The largest absolute Gasteiger partial charge is 0.345 e.